The Balaban J connectivity index is 1.80. The normalized spacial score (nSPS) is 18.1. The van der Waals surface area contributed by atoms with E-state index in [0.717, 1.165) is 12.1 Å². The smallest absolute Gasteiger partial charge is 0.317 e. The number of phenols is 2. The number of anilines is 1. The van der Waals surface area contributed by atoms with Crippen molar-refractivity contribution >= 4 is 35.6 Å². The summed E-state index contributed by atoms with van der Waals surface area (Å²) in [7, 11) is 0. The number of carboxylic acid groups (broad SMARTS) is 3. The van der Waals surface area contributed by atoms with Gasteiger partial charge in [0.25, 0.3) is 0 Å². The number of benzene rings is 2. The van der Waals surface area contributed by atoms with Gasteiger partial charge in [-0.05, 0) is 54.4 Å². The zero-order valence-corrected chi connectivity index (χ0v) is 25.9. The number of aliphatic carboxylic acids is 3. The fourth-order valence-corrected chi connectivity index (χ4v) is 5.32. The number of hydrogen-bond donors (Lipinski definition) is 6. The predicted octanol–water partition coefficient (Wildman–Crippen LogP) is 1.16. The van der Waals surface area contributed by atoms with Crippen LogP contribution in [0, 0.1) is 0 Å². The largest absolute Gasteiger partial charge is 0.504 e. The summed E-state index contributed by atoms with van der Waals surface area (Å²) in [6.45, 7) is 5.02. The number of phenolic OH excluding ortho intramolecular Hbond substituents is 2. The molecule has 1 fully saturated rings. The van der Waals surface area contributed by atoms with E-state index in [1.165, 1.54) is 24.3 Å². The summed E-state index contributed by atoms with van der Waals surface area (Å²) >= 11 is 0. The van der Waals surface area contributed by atoms with Gasteiger partial charge in [0, 0.05) is 63.6 Å². The van der Waals surface area contributed by atoms with Crippen molar-refractivity contribution in [2.45, 2.75) is 19.4 Å². The maximum Gasteiger partial charge on any atom is 0.317 e. The molecule has 0 radical (unpaired) electrons. The minimum Gasteiger partial charge on any atom is -0.504 e. The van der Waals surface area contributed by atoms with E-state index in [9.17, 15) is 44.7 Å². The van der Waals surface area contributed by atoms with Crippen LogP contribution in [-0.4, -0.2) is 147 Å². The molecule has 1 amide bonds. The van der Waals surface area contributed by atoms with Crippen molar-refractivity contribution in [3.63, 3.8) is 0 Å². The lowest BCUT2D eigenvalue weighted by atomic mass is 10.0. The molecular weight excluding hydrogens is 598 g/mol. The van der Waals surface area contributed by atoms with Gasteiger partial charge < -0.3 is 35.7 Å². The average molecular weight is 642 g/mol. The van der Waals surface area contributed by atoms with Gasteiger partial charge in [-0.2, -0.15) is 0 Å². The fraction of sp³-hybridized carbons (Fsp3) is 0.438. The third-order valence-corrected chi connectivity index (χ3v) is 7.78. The second-order valence-electron chi connectivity index (χ2n) is 11.2. The number of carbonyl (C=O) groups is 4. The van der Waals surface area contributed by atoms with Crippen LogP contribution in [0.25, 0.3) is 6.08 Å². The molecule has 46 heavy (non-hydrogen) atoms. The molecule has 3 rings (SSSR count). The van der Waals surface area contributed by atoms with Gasteiger partial charge in [0.2, 0.25) is 5.91 Å². The minimum atomic E-state index is -1.04. The van der Waals surface area contributed by atoms with Crippen LogP contribution in [0.2, 0.25) is 0 Å². The third-order valence-electron chi connectivity index (χ3n) is 7.78. The summed E-state index contributed by atoms with van der Waals surface area (Å²) in [5.74, 6) is -3.97. The molecule has 14 nitrogen and oxygen atoms in total. The Labute approximate surface area is 267 Å². The quantitative estimate of drug-likeness (QED) is 0.143. The lowest BCUT2D eigenvalue weighted by molar-refractivity contribution is -0.141. The molecular formula is C32H43N5O9. The van der Waals surface area contributed by atoms with Gasteiger partial charge in [-0.25, -0.2) is 0 Å². The molecule has 0 aromatic heterocycles. The first kappa shape index (κ1) is 36.0. The molecule has 250 valence electrons. The van der Waals surface area contributed by atoms with E-state index in [2.05, 4.69) is 10.2 Å². The Kier molecular flexibility index (Phi) is 14.0. The van der Waals surface area contributed by atoms with Crippen LogP contribution in [0.5, 0.6) is 11.5 Å². The SMILES string of the molecule is CCN1CCN(CC(=O)O)CCN(CC(=O)O)C(Cc2ccc(NC(=O)/C=C/c3ccc(O)c(O)c3)cc2)CN(CC(=O)O)CC1. The summed E-state index contributed by atoms with van der Waals surface area (Å²) in [5, 5.41) is 50.7. The first-order chi connectivity index (χ1) is 21.9. The molecule has 14 heteroatoms. The maximum atomic E-state index is 12.5. The molecule has 1 saturated heterocycles. The standard InChI is InChI=1S/C32H43N5O9/c1-2-34-11-13-35(20-30(41)42)15-16-37(22-32(45)46)26(19-36(14-12-34)21-31(43)44)17-23-3-7-25(8-4-23)33-29(40)10-6-24-5-9-27(38)28(39)18-24/h3-10,18,26,38-39H,2,11-17,19-22H2,1H3,(H,33,40)(H,41,42)(H,43,44)(H,45,46)/b10-6+. The van der Waals surface area contributed by atoms with E-state index in [0.29, 0.717) is 50.4 Å². The Bertz CT molecular complexity index is 1370. The highest BCUT2D eigenvalue weighted by Crippen LogP contribution is 2.25. The Morgan fingerprint density at radius 3 is 1.96 bits per heavy atom. The molecule has 0 spiro atoms. The number of hydrogen-bond acceptors (Lipinski definition) is 10. The van der Waals surface area contributed by atoms with E-state index in [1.807, 2.05) is 24.0 Å². The number of amides is 1. The summed E-state index contributed by atoms with van der Waals surface area (Å²) in [6, 6.07) is 10.8. The van der Waals surface area contributed by atoms with Crippen LogP contribution in [0.1, 0.15) is 18.1 Å². The van der Waals surface area contributed by atoms with Crippen molar-refractivity contribution in [3.8, 4) is 11.5 Å². The Morgan fingerprint density at radius 1 is 0.761 bits per heavy atom. The molecule has 0 aliphatic carbocycles. The summed E-state index contributed by atoms with van der Waals surface area (Å²) in [6.07, 6.45) is 3.17. The molecule has 2 aromatic carbocycles. The summed E-state index contributed by atoms with van der Waals surface area (Å²) in [5.41, 5.74) is 1.88. The van der Waals surface area contributed by atoms with Crippen LogP contribution < -0.4 is 5.32 Å². The van der Waals surface area contributed by atoms with Crippen molar-refractivity contribution in [1.82, 2.24) is 19.6 Å². The van der Waals surface area contributed by atoms with Crippen LogP contribution in [-0.2, 0) is 25.6 Å². The highest BCUT2D eigenvalue weighted by atomic mass is 16.4. The van der Waals surface area contributed by atoms with Crippen LogP contribution in [0.3, 0.4) is 0 Å². The number of rotatable bonds is 12. The Morgan fingerprint density at radius 2 is 1.35 bits per heavy atom. The minimum absolute atomic E-state index is 0.173. The first-order valence-corrected chi connectivity index (χ1v) is 15.1. The summed E-state index contributed by atoms with van der Waals surface area (Å²) in [4.78, 5) is 55.2. The predicted molar refractivity (Wildman–Crippen MR) is 171 cm³/mol. The van der Waals surface area contributed by atoms with Crippen molar-refractivity contribution < 1.29 is 44.7 Å². The summed E-state index contributed by atoms with van der Waals surface area (Å²) < 4.78 is 0. The topological polar surface area (TPSA) is 194 Å². The lowest BCUT2D eigenvalue weighted by Crippen LogP contribution is -2.53. The monoisotopic (exact) mass is 641 g/mol. The van der Waals surface area contributed by atoms with Crippen molar-refractivity contribution in [2.24, 2.45) is 0 Å². The zero-order valence-electron chi connectivity index (χ0n) is 25.9. The van der Waals surface area contributed by atoms with Gasteiger partial charge in [-0.15, -0.1) is 0 Å². The molecule has 2 aromatic rings. The van der Waals surface area contributed by atoms with Gasteiger partial charge in [0.15, 0.2) is 11.5 Å². The number of aromatic hydroxyl groups is 2. The number of nitrogens with zero attached hydrogens (tertiary/aromatic N) is 4. The Hall–Kier alpha value is -4.50. The second kappa shape index (κ2) is 17.8. The third kappa shape index (κ3) is 12.5. The van der Waals surface area contributed by atoms with E-state index in [1.54, 1.807) is 28.0 Å². The first-order valence-electron chi connectivity index (χ1n) is 15.1. The van der Waals surface area contributed by atoms with Crippen molar-refractivity contribution in [2.75, 3.05) is 77.3 Å². The van der Waals surface area contributed by atoms with Crippen molar-refractivity contribution in [3.05, 3.63) is 59.7 Å². The van der Waals surface area contributed by atoms with E-state index in [-0.39, 0.29) is 44.2 Å². The molecule has 1 unspecified atom stereocenters. The van der Waals surface area contributed by atoms with E-state index in [4.69, 9.17) is 0 Å². The van der Waals surface area contributed by atoms with Gasteiger partial charge >= 0.3 is 17.9 Å². The molecule has 1 heterocycles. The highest BCUT2D eigenvalue weighted by Gasteiger charge is 2.27. The number of nitrogens with one attached hydrogen (secondary N) is 1. The highest BCUT2D eigenvalue weighted by molar-refractivity contribution is 6.01. The molecule has 1 aliphatic rings. The lowest BCUT2D eigenvalue weighted by Gasteiger charge is -2.37. The molecule has 0 saturated carbocycles. The molecule has 1 atom stereocenters. The fourth-order valence-electron chi connectivity index (χ4n) is 5.32. The number of carbonyl (C=O) groups excluding carboxylic acids is 1. The number of carboxylic acids is 3. The van der Waals surface area contributed by atoms with Gasteiger partial charge in [0.05, 0.1) is 19.6 Å². The molecule has 1 aliphatic heterocycles. The van der Waals surface area contributed by atoms with Crippen molar-refractivity contribution in [1.29, 1.82) is 0 Å². The molecule has 6 N–H and O–H groups in total. The van der Waals surface area contributed by atoms with E-state index >= 15 is 0 Å². The van der Waals surface area contributed by atoms with Gasteiger partial charge in [-0.1, -0.05) is 25.1 Å². The maximum absolute atomic E-state index is 12.5. The second-order valence-corrected chi connectivity index (χ2v) is 11.2. The van der Waals surface area contributed by atoms with Crippen LogP contribution in [0.15, 0.2) is 48.5 Å². The average Bonchev–Trinajstić information content (AvgIpc) is 2.98. The van der Waals surface area contributed by atoms with Gasteiger partial charge in [-0.3, -0.25) is 33.9 Å². The van der Waals surface area contributed by atoms with Crippen LogP contribution >= 0.6 is 0 Å². The zero-order chi connectivity index (χ0) is 33.6. The number of likely N-dealkylation sites (N-methyl/N-ethyl adjacent to an activating group) is 1. The van der Waals surface area contributed by atoms with E-state index < -0.39 is 29.9 Å². The molecule has 0 bridgehead atoms. The van der Waals surface area contributed by atoms with Crippen LogP contribution in [0.4, 0.5) is 5.69 Å². The van der Waals surface area contributed by atoms with Gasteiger partial charge in [0.1, 0.15) is 0 Å².